The first-order valence-corrected chi connectivity index (χ1v) is 9.69. The summed E-state index contributed by atoms with van der Waals surface area (Å²) in [4.78, 5) is 17.1. The van der Waals surface area contributed by atoms with E-state index in [1.807, 2.05) is 55.5 Å². The number of hydrogen-bond acceptors (Lipinski definition) is 6. The summed E-state index contributed by atoms with van der Waals surface area (Å²) in [5.74, 6) is 1.67. The standard InChI is InChI=1S/C24H21N3O4/c1-16-6-5-7-18(14-16)25-24(28)20-8-3-4-9-21(20)30-15-22-26-23(27-31-22)17-10-12-19(29-2)13-11-17/h3-14H,15H2,1-2H3,(H,25,28). The summed E-state index contributed by atoms with van der Waals surface area (Å²) < 4.78 is 16.3. The fourth-order valence-electron chi connectivity index (χ4n) is 3.01. The highest BCUT2D eigenvalue weighted by molar-refractivity contribution is 6.06. The van der Waals surface area contributed by atoms with Crippen molar-refractivity contribution in [2.45, 2.75) is 13.5 Å². The molecule has 156 valence electrons. The number of hydrogen-bond donors (Lipinski definition) is 1. The molecule has 3 aromatic carbocycles. The van der Waals surface area contributed by atoms with E-state index in [1.165, 1.54) is 0 Å². The number of nitrogens with one attached hydrogen (secondary N) is 1. The largest absolute Gasteiger partial charge is 0.497 e. The average Bonchev–Trinajstić information content (AvgIpc) is 3.27. The summed E-state index contributed by atoms with van der Waals surface area (Å²) in [6, 6.07) is 22.0. The molecule has 4 rings (SSSR count). The van der Waals surface area contributed by atoms with Gasteiger partial charge in [-0.2, -0.15) is 4.98 Å². The van der Waals surface area contributed by atoms with Crippen LogP contribution >= 0.6 is 0 Å². The van der Waals surface area contributed by atoms with Gasteiger partial charge in [0.05, 0.1) is 12.7 Å². The fraction of sp³-hybridized carbons (Fsp3) is 0.125. The van der Waals surface area contributed by atoms with Gasteiger partial charge in [-0.15, -0.1) is 0 Å². The summed E-state index contributed by atoms with van der Waals surface area (Å²) in [5, 5.41) is 6.88. The maximum absolute atomic E-state index is 12.7. The third-order valence-electron chi connectivity index (χ3n) is 4.58. The van der Waals surface area contributed by atoms with Gasteiger partial charge in [0.25, 0.3) is 11.8 Å². The summed E-state index contributed by atoms with van der Waals surface area (Å²) in [5.41, 5.74) is 3.00. The average molecular weight is 415 g/mol. The molecular formula is C24H21N3O4. The summed E-state index contributed by atoms with van der Waals surface area (Å²) >= 11 is 0. The number of rotatable bonds is 7. The van der Waals surface area contributed by atoms with Gasteiger partial charge in [0.15, 0.2) is 6.61 Å². The fourth-order valence-corrected chi connectivity index (χ4v) is 3.01. The molecule has 1 aromatic heterocycles. The van der Waals surface area contributed by atoms with E-state index in [1.54, 1.807) is 31.4 Å². The van der Waals surface area contributed by atoms with Crippen LogP contribution in [0, 0.1) is 6.92 Å². The Morgan fingerprint density at radius 2 is 1.84 bits per heavy atom. The van der Waals surface area contributed by atoms with Crippen LogP contribution in [0.25, 0.3) is 11.4 Å². The molecule has 1 N–H and O–H groups in total. The Kier molecular flexibility index (Phi) is 5.93. The molecule has 31 heavy (non-hydrogen) atoms. The first kappa shape index (κ1) is 20.2. The molecule has 1 heterocycles. The topological polar surface area (TPSA) is 86.5 Å². The van der Waals surface area contributed by atoms with Gasteiger partial charge in [0, 0.05) is 11.3 Å². The van der Waals surface area contributed by atoms with Crippen LogP contribution in [0.5, 0.6) is 11.5 Å². The molecular weight excluding hydrogens is 394 g/mol. The molecule has 0 aliphatic heterocycles. The molecule has 0 fully saturated rings. The third kappa shape index (κ3) is 4.90. The van der Waals surface area contributed by atoms with Crippen LogP contribution in [-0.2, 0) is 6.61 Å². The number of para-hydroxylation sites is 1. The van der Waals surface area contributed by atoms with Crippen molar-refractivity contribution in [3.63, 3.8) is 0 Å². The van der Waals surface area contributed by atoms with Crippen LogP contribution in [-0.4, -0.2) is 23.2 Å². The number of amides is 1. The second-order valence-electron chi connectivity index (χ2n) is 6.85. The zero-order chi connectivity index (χ0) is 21.6. The number of carbonyl (C=O) groups is 1. The number of nitrogens with zero attached hydrogens (tertiary/aromatic N) is 2. The molecule has 0 saturated carbocycles. The van der Waals surface area contributed by atoms with E-state index in [2.05, 4.69) is 15.5 Å². The normalized spacial score (nSPS) is 10.5. The predicted octanol–water partition coefficient (Wildman–Crippen LogP) is 4.88. The van der Waals surface area contributed by atoms with Crippen LogP contribution in [0.15, 0.2) is 77.3 Å². The summed E-state index contributed by atoms with van der Waals surface area (Å²) in [6.45, 7) is 2.01. The molecule has 4 aromatic rings. The molecule has 0 atom stereocenters. The van der Waals surface area contributed by atoms with E-state index in [-0.39, 0.29) is 12.5 Å². The minimum absolute atomic E-state index is 0.0396. The first-order valence-electron chi connectivity index (χ1n) is 9.69. The number of benzene rings is 3. The Labute approximate surface area is 179 Å². The lowest BCUT2D eigenvalue weighted by molar-refractivity contribution is 0.102. The van der Waals surface area contributed by atoms with Gasteiger partial charge in [-0.25, -0.2) is 0 Å². The van der Waals surface area contributed by atoms with Gasteiger partial charge in [0.2, 0.25) is 5.82 Å². The highest BCUT2D eigenvalue weighted by Gasteiger charge is 2.15. The van der Waals surface area contributed by atoms with Crippen LogP contribution in [0.2, 0.25) is 0 Å². The lowest BCUT2D eigenvalue weighted by Gasteiger charge is -2.11. The van der Waals surface area contributed by atoms with E-state index in [4.69, 9.17) is 14.0 Å². The number of aromatic nitrogens is 2. The van der Waals surface area contributed by atoms with Crippen LogP contribution < -0.4 is 14.8 Å². The SMILES string of the molecule is COc1ccc(-c2noc(COc3ccccc3C(=O)Nc3cccc(C)c3)n2)cc1. The van der Waals surface area contributed by atoms with Crippen molar-refractivity contribution < 1.29 is 18.8 Å². The van der Waals surface area contributed by atoms with Gasteiger partial charge in [-0.1, -0.05) is 29.4 Å². The smallest absolute Gasteiger partial charge is 0.264 e. The quantitative estimate of drug-likeness (QED) is 0.463. The van der Waals surface area contributed by atoms with Crippen LogP contribution in [0.4, 0.5) is 5.69 Å². The molecule has 0 aliphatic carbocycles. The van der Waals surface area contributed by atoms with E-state index < -0.39 is 0 Å². The molecule has 0 unspecified atom stereocenters. The lowest BCUT2D eigenvalue weighted by atomic mass is 10.1. The lowest BCUT2D eigenvalue weighted by Crippen LogP contribution is -2.13. The van der Waals surface area contributed by atoms with Crippen molar-refractivity contribution in [1.29, 1.82) is 0 Å². The number of methoxy groups -OCH3 is 1. The molecule has 7 nitrogen and oxygen atoms in total. The summed E-state index contributed by atoms with van der Waals surface area (Å²) in [6.07, 6.45) is 0. The zero-order valence-corrected chi connectivity index (χ0v) is 17.2. The maximum Gasteiger partial charge on any atom is 0.264 e. The molecule has 0 saturated heterocycles. The van der Waals surface area contributed by atoms with Gasteiger partial charge in [-0.3, -0.25) is 4.79 Å². The summed E-state index contributed by atoms with van der Waals surface area (Å²) in [7, 11) is 1.61. The van der Waals surface area contributed by atoms with Gasteiger partial charge in [-0.05, 0) is 61.0 Å². The highest BCUT2D eigenvalue weighted by atomic mass is 16.5. The second kappa shape index (κ2) is 9.13. The van der Waals surface area contributed by atoms with Crippen molar-refractivity contribution in [1.82, 2.24) is 10.1 Å². The molecule has 0 radical (unpaired) electrons. The predicted molar refractivity (Wildman–Crippen MR) is 116 cm³/mol. The van der Waals surface area contributed by atoms with Crippen molar-refractivity contribution in [3.05, 3.63) is 89.8 Å². The molecule has 7 heteroatoms. The minimum atomic E-state index is -0.259. The third-order valence-corrected chi connectivity index (χ3v) is 4.58. The van der Waals surface area contributed by atoms with Crippen molar-refractivity contribution in [2.24, 2.45) is 0 Å². The Morgan fingerprint density at radius 1 is 1.03 bits per heavy atom. The van der Waals surface area contributed by atoms with E-state index in [9.17, 15) is 4.79 Å². The number of carbonyl (C=O) groups excluding carboxylic acids is 1. The van der Waals surface area contributed by atoms with E-state index >= 15 is 0 Å². The van der Waals surface area contributed by atoms with Crippen molar-refractivity contribution in [2.75, 3.05) is 12.4 Å². The zero-order valence-electron chi connectivity index (χ0n) is 17.2. The Hall–Kier alpha value is -4.13. The van der Waals surface area contributed by atoms with E-state index in [0.717, 1.165) is 22.6 Å². The van der Waals surface area contributed by atoms with Crippen LogP contribution in [0.3, 0.4) is 0 Å². The highest BCUT2D eigenvalue weighted by Crippen LogP contribution is 2.23. The van der Waals surface area contributed by atoms with Gasteiger partial charge < -0.3 is 19.3 Å². The van der Waals surface area contributed by atoms with E-state index in [0.29, 0.717) is 23.0 Å². The maximum atomic E-state index is 12.7. The van der Waals surface area contributed by atoms with Crippen LogP contribution in [0.1, 0.15) is 21.8 Å². The number of aryl methyl sites for hydroxylation is 1. The Balaban J connectivity index is 1.44. The number of ether oxygens (including phenoxy) is 2. The van der Waals surface area contributed by atoms with Crippen molar-refractivity contribution in [3.8, 4) is 22.9 Å². The Morgan fingerprint density at radius 3 is 2.61 bits per heavy atom. The number of anilines is 1. The molecule has 0 aliphatic rings. The molecule has 0 spiro atoms. The minimum Gasteiger partial charge on any atom is -0.497 e. The molecule has 1 amide bonds. The van der Waals surface area contributed by atoms with Gasteiger partial charge in [0.1, 0.15) is 11.5 Å². The van der Waals surface area contributed by atoms with Crippen molar-refractivity contribution >= 4 is 11.6 Å². The Bertz CT molecular complexity index is 1190. The monoisotopic (exact) mass is 415 g/mol. The second-order valence-corrected chi connectivity index (χ2v) is 6.85. The van der Waals surface area contributed by atoms with Gasteiger partial charge >= 0.3 is 0 Å². The molecule has 0 bridgehead atoms. The first-order chi connectivity index (χ1) is 15.1.